The first-order valence-electron chi connectivity index (χ1n) is 7.81. The minimum atomic E-state index is 0.134. The van der Waals surface area contributed by atoms with Crippen LogP contribution in [0.2, 0.25) is 0 Å². The summed E-state index contributed by atoms with van der Waals surface area (Å²) >= 11 is 0. The number of anilines is 1. The van der Waals surface area contributed by atoms with Gasteiger partial charge in [-0.1, -0.05) is 6.92 Å². The van der Waals surface area contributed by atoms with Crippen molar-refractivity contribution in [3.05, 3.63) is 24.0 Å². The first kappa shape index (κ1) is 15.3. The van der Waals surface area contributed by atoms with Gasteiger partial charge in [0.25, 0.3) is 0 Å². The Kier molecular flexibility index (Phi) is 4.69. The minimum absolute atomic E-state index is 0.134. The Balaban J connectivity index is 2.15. The SMILES string of the molecule is CC1CCN(c2ccncc2CNC(C)(C)C)C(C)C1. The van der Waals surface area contributed by atoms with Crippen molar-refractivity contribution < 1.29 is 0 Å². The molecular formula is C17H29N3. The maximum Gasteiger partial charge on any atom is 0.0445 e. The number of piperidine rings is 1. The van der Waals surface area contributed by atoms with Crippen LogP contribution in [0.5, 0.6) is 0 Å². The van der Waals surface area contributed by atoms with Gasteiger partial charge in [0.1, 0.15) is 0 Å². The predicted molar refractivity (Wildman–Crippen MR) is 86.0 cm³/mol. The second kappa shape index (κ2) is 6.13. The summed E-state index contributed by atoms with van der Waals surface area (Å²) in [7, 11) is 0. The van der Waals surface area contributed by atoms with Crippen molar-refractivity contribution in [2.24, 2.45) is 5.92 Å². The van der Waals surface area contributed by atoms with Crippen LogP contribution in [0, 0.1) is 5.92 Å². The van der Waals surface area contributed by atoms with E-state index in [0.29, 0.717) is 6.04 Å². The summed E-state index contributed by atoms with van der Waals surface area (Å²) in [6.45, 7) is 13.4. The lowest BCUT2D eigenvalue weighted by Gasteiger charge is -2.39. The van der Waals surface area contributed by atoms with Crippen LogP contribution in [0.3, 0.4) is 0 Å². The highest BCUT2D eigenvalue weighted by Crippen LogP contribution is 2.29. The summed E-state index contributed by atoms with van der Waals surface area (Å²) in [5.74, 6) is 0.847. The van der Waals surface area contributed by atoms with Gasteiger partial charge in [-0.25, -0.2) is 0 Å². The Morgan fingerprint density at radius 1 is 1.35 bits per heavy atom. The highest BCUT2D eigenvalue weighted by atomic mass is 15.2. The fraction of sp³-hybridized carbons (Fsp3) is 0.706. The zero-order chi connectivity index (χ0) is 14.8. The number of nitrogens with one attached hydrogen (secondary N) is 1. The molecule has 1 N–H and O–H groups in total. The van der Waals surface area contributed by atoms with E-state index in [0.717, 1.165) is 19.0 Å². The lowest BCUT2D eigenvalue weighted by atomic mass is 9.92. The van der Waals surface area contributed by atoms with Crippen LogP contribution < -0.4 is 10.2 Å². The third-order valence-corrected chi connectivity index (χ3v) is 4.13. The van der Waals surface area contributed by atoms with E-state index >= 15 is 0 Å². The normalized spacial score (nSPS) is 23.9. The molecule has 20 heavy (non-hydrogen) atoms. The molecule has 1 aliphatic heterocycles. The Hall–Kier alpha value is -1.09. The molecule has 1 fully saturated rings. The van der Waals surface area contributed by atoms with Gasteiger partial charge < -0.3 is 10.2 Å². The molecule has 1 aromatic rings. The second-order valence-corrected chi connectivity index (χ2v) is 7.28. The lowest BCUT2D eigenvalue weighted by molar-refractivity contribution is 0.376. The number of aromatic nitrogens is 1. The van der Waals surface area contributed by atoms with E-state index < -0.39 is 0 Å². The topological polar surface area (TPSA) is 28.2 Å². The molecule has 1 aliphatic rings. The van der Waals surface area contributed by atoms with E-state index in [1.807, 2.05) is 12.4 Å². The number of pyridine rings is 1. The zero-order valence-corrected chi connectivity index (χ0v) is 13.6. The van der Waals surface area contributed by atoms with Crippen molar-refractivity contribution in [1.82, 2.24) is 10.3 Å². The van der Waals surface area contributed by atoms with E-state index in [1.54, 1.807) is 0 Å². The van der Waals surface area contributed by atoms with Crippen LogP contribution in [-0.2, 0) is 6.54 Å². The quantitative estimate of drug-likeness (QED) is 0.913. The van der Waals surface area contributed by atoms with Crippen LogP contribution in [0.15, 0.2) is 18.5 Å². The molecule has 0 spiro atoms. The average Bonchev–Trinajstić information content (AvgIpc) is 2.36. The second-order valence-electron chi connectivity index (χ2n) is 7.28. The number of nitrogens with zero attached hydrogens (tertiary/aromatic N) is 2. The first-order valence-corrected chi connectivity index (χ1v) is 7.81. The largest absolute Gasteiger partial charge is 0.368 e. The summed E-state index contributed by atoms with van der Waals surface area (Å²) < 4.78 is 0. The zero-order valence-electron chi connectivity index (χ0n) is 13.6. The van der Waals surface area contributed by atoms with Crippen LogP contribution in [-0.4, -0.2) is 23.1 Å². The van der Waals surface area contributed by atoms with Crippen molar-refractivity contribution >= 4 is 5.69 Å². The summed E-state index contributed by atoms with van der Waals surface area (Å²) in [6, 6.07) is 2.79. The monoisotopic (exact) mass is 275 g/mol. The maximum absolute atomic E-state index is 4.31. The van der Waals surface area contributed by atoms with E-state index in [-0.39, 0.29) is 5.54 Å². The summed E-state index contributed by atoms with van der Waals surface area (Å²) in [4.78, 5) is 6.87. The lowest BCUT2D eigenvalue weighted by Crippen LogP contribution is -2.41. The van der Waals surface area contributed by atoms with Gasteiger partial charge >= 0.3 is 0 Å². The Labute approximate surface area is 123 Å². The Morgan fingerprint density at radius 3 is 2.75 bits per heavy atom. The van der Waals surface area contributed by atoms with Crippen LogP contribution in [0.25, 0.3) is 0 Å². The molecular weight excluding hydrogens is 246 g/mol. The summed E-state index contributed by atoms with van der Waals surface area (Å²) in [5.41, 5.74) is 2.80. The molecule has 3 heteroatoms. The molecule has 0 amide bonds. The van der Waals surface area contributed by atoms with Crippen LogP contribution >= 0.6 is 0 Å². The third-order valence-electron chi connectivity index (χ3n) is 4.13. The third kappa shape index (κ3) is 3.95. The molecule has 0 saturated carbocycles. The van der Waals surface area contributed by atoms with E-state index in [9.17, 15) is 0 Å². The van der Waals surface area contributed by atoms with Gasteiger partial charge in [0.15, 0.2) is 0 Å². The summed E-state index contributed by atoms with van der Waals surface area (Å²) in [6.07, 6.45) is 6.51. The highest BCUT2D eigenvalue weighted by molar-refractivity contribution is 5.53. The fourth-order valence-corrected chi connectivity index (χ4v) is 2.96. The first-order chi connectivity index (χ1) is 9.37. The fourth-order valence-electron chi connectivity index (χ4n) is 2.96. The molecule has 0 radical (unpaired) electrons. The van der Waals surface area contributed by atoms with Crippen LogP contribution in [0.4, 0.5) is 5.69 Å². The van der Waals surface area contributed by atoms with Gasteiger partial charge in [0.2, 0.25) is 0 Å². The van der Waals surface area contributed by atoms with Crippen molar-refractivity contribution in [3.63, 3.8) is 0 Å². The molecule has 0 bridgehead atoms. The number of hydrogen-bond donors (Lipinski definition) is 1. The summed E-state index contributed by atoms with van der Waals surface area (Å²) in [5, 5.41) is 3.57. The molecule has 0 aromatic carbocycles. The van der Waals surface area contributed by atoms with Crippen molar-refractivity contribution in [3.8, 4) is 0 Å². The Bertz CT molecular complexity index is 436. The maximum atomic E-state index is 4.31. The van der Waals surface area contributed by atoms with Crippen molar-refractivity contribution in [1.29, 1.82) is 0 Å². The molecule has 2 rings (SSSR count). The number of hydrogen-bond acceptors (Lipinski definition) is 3. The molecule has 1 aromatic heterocycles. The van der Waals surface area contributed by atoms with E-state index in [2.05, 4.69) is 55.9 Å². The van der Waals surface area contributed by atoms with Gasteiger partial charge in [-0.15, -0.1) is 0 Å². The van der Waals surface area contributed by atoms with Gasteiger partial charge in [0, 0.05) is 48.3 Å². The van der Waals surface area contributed by atoms with Gasteiger partial charge in [0.05, 0.1) is 0 Å². The smallest absolute Gasteiger partial charge is 0.0445 e. The molecule has 0 aliphatic carbocycles. The predicted octanol–water partition coefficient (Wildman–Crippen LogP) is 3.59. The minimum Gasteiger partial charge on any atom is -0.368 e. The molecule has 2 unspecified atom stereocenters. The van der Waals surface area contributed by atoms with Gasteiger partial charge in [-0.3, -0.25) is 4.98 Å². The van der Waals surface area contributed by atoms with Crippen molar-refractivity contribution in [2.45, 2.75) is 65.6 Å². The Morgan fingerprint density at radius 2 is 2.10 bits per heavy atom. The van der Waals surface area contributed by atoms with E-state index in [1.165, 1.54) is 24.1 Å². The standard InChI is InChI=1S/C17H29N3/c1-13-7-9-20(14(2)10-13)16-6-8-18-11-15(16)12-19-17(3,4)5/h6,8,11,13-14,19H,7,9-10,12H2,1-5H3. The van der Waals surface area contributed by atoms with Gasteiger partial charge in [-0.2, -0.15) is 0 Å². The van der Waals surface area contributed by atoms with E-state index in [4.69, 9.17) is 0 Å². The molecule has 112 valence electrons. The van der Waals surface area contributed by atoms with Gasteiger partial charge in [-0.05, 0) is 52.5 Å². The average molecular weight is 275 g/mol. The molecule has 3 nitrogen and oxygen atoms in total. The highest BCUT2D eigenvalue weighted by Gasteiger charge is 2.24. The van der Waals surface area contributed by atoms with Crippen LogP contribution in [0.1, 0.15) is 53.0 Å². The molecule has 2 atom stereocenters. The number of rotatable bonds is 3. The molecule has 2 heterocycles. The molecule has 1 saturated heterocycles. The van der Waals surface area contributed by atoms with Crippen molar-refractivity contribution in [2.75, 3.05) is 11.4 Å².